The number of hydrogen-bond donors (Lipinski definition) is 4. The van der Waals surface area contributed by atoms with Gasteiger partial charge in [-0.2, -0.15) is 0 Å². The topological polar surface area (TPSA) is 134 Å². The number of hydrogen-bond acceptors (Lipinski definition) is 8. The first-order valence-electron chi connectivity index (χ1n) is 7.75. The number of phenols is 2. The summed E-state index contributed by atoms with van der Waals surface area (Å²) in [5.41, 5.74) is -0.960. The minimum Gasteiger partial charge on any atom is -0.507 e. The fourth-order valence-corrected chi connectivity index (χ4v) is 3.25. The first-order chi connectivity index (χ1) is 11.8. The number of fused-ring (bicyclic) bond motifs is 2. The quantitative estimate of drug-likeness (QED) is 0.592. The van der Waals surface area contributed by atoms with Crippen molar-refractivity contribution in [2.24, 2.45) is 0 Å². The average molecular weight is 350 g/mol. The third-order valence-corrected chi connectivity index (χ3v) is 4.33. The molecule has 0 amide bonds. The number of Topliss-reactive ketones (excluding diaryl/α,β-unsaturated/α-hetero) is 1. The molecule has 8 nitrogen and oxygen atoms in total. The van der Waals surface area contributed by atoms with Crippen molar-refractivity contribution in [3.8, 4) is 17.2 Å². The van der Waals surface area contributed by atoms with E-state index < -0.39 is 52.5 Å². The summed E-state index contributed by atoms with van der Waals surface area (Å²) >= 11 is 0. The van der Waals surface area contributed by atoms with Crippen LogP contribution in [-0.2, 0) is 4.74 Å². The van der Waals surface area contributed by atoms with Crippen LogP contribution in [0.5, 0.6) is 17.2 Å². The van der Waals surface area contributed by atoms with Crippen LogP contribution in [0.2, 0.25) is 0 Å². The largest absolute Gasteiger partial charge is 0.507 e. The minimum absolute atomic E-state index is 0.0605. The summed E-state index contributed by atoms with van der Waals surface area (Å²) in [5, 5.41) is 40.8. The summed E-state index contributed by atoms with van der Waals surface area (Å²) in [6.07, 6.45) is -1.40. The van der Waals surface area contributed by atoms with Crippen LogP contribution in [-0.4, -0.2) is 51.3 Å². The second-order valence-corrected chi connectivity index (χ2v) is 6.17. The second kappa shape index (κ2) is 6.05. The van der Waals surface area contributed by atoms with Crippen molar-refractivity contribution >= 4 is 11.6 Å². The second-order valence-electron chi connectivity index (χ2n) is 6.17. The molecule has 2 aliphatic rings. The van der Waals surface area contributed by atoms with Crippen LogP contribution >= 0.6 is 0 Å². The fourth-order valence-electron chi connectivity index (χ4n) is 3.25. The van der Waals surface area contributed by atoms with Crippen LogP contribution < -0.4 is 4.74 Å². The predicted octanol–water partition coefficient (Wildman–Crippen LogP) is 0.962. The van der Waals surface area contributed by atoms with E-state index in [1.165, 1.54) is 7.11 Å². The summed E-state index contributed by atoms with van der Waals surface area (Å²) in [5.74, 6) is -3.28. The lowest BCUT2D eigenvalue weighted by Gasteiger charge is -2.33. The number of rotatable bonds is 3. The summed E-state index contributed by atoms with van der Waals surface area (Å²) in [6, 6.07) is 0. The Morgan fingerprint density at radius 1 is 1.28 bits per heavy atom. The molecule has 0 bridgehead atoms. The molecule has 134 valence electrons. The van der Waals surface area contributed by atoms with E-state index in [1.807, 2.05) is 0 Å². The Bertz CT molecular complexity index is 793. The van der Waals surface area contributed by atoms with E-state index in [-0.39, 0.29) is 29.9 Å². The first-order valence-corrected chi connectivity index (χ1v) is 7.75. The third-order valence-electron chi connectivity index (χ3n) is 4.33. The molecule has 25 heavy (non-hydrogen) atoms. The molecule has 0 saturated heterocycles. The standard InChI is InChI=1S/C17H18O8/c1-6(18)3-7-4-8(19)12-15(22)11-9(20)5-10(24-2)14(21)13(11)16(23)17(12)25-7/h5-8,18-19,22-23H,3-4H2,1-2H3/t6-,7-,8-/m0/s1. The molecule has 3 atom stereocenters. The highest BCUT2D eigenvalue weighted by molar-refractivity contribution is 6.26. The zero-order valence-electron chi connectivity index (χ0n) is 13.6. The molecule has 8 heteroatoms. The van der Waals surface area contributed by atoms with E-state index in [0.29, 0.717) is 0 Å². The van der Waals surface area contributed by atoms with E-state index in [2.05, 4.69) is 0 Å². The van der Waals surface area contributed by atoms with Gasteiger partial charge >= 0.3 is 0 Å². The Kier molecular flexibility index (Phi) is 4.18. The molecule has 0 spiro atoms. The van der Waals surface area contributed by atoms with Gasteiger partial charge in [0.1, 0.15) is 11.9 Å². The van der Waals surface area contributed by atoms with Gasteiger partial charge in [-0.3, -0.25) is 9.59 Å². The summed E-state index contributed by atoms with van der Waals surface area (Å²) in [4.78, 5) is 24.7. The number of allylic oxidation sites excluding steroid dienone is 2. The highest BCUT2D eigenvalue weighted by Gasteiger charge is 2.41. The first kappa shape index (κ1) is 17.2. The maximum absolute atomic E-state index is 12.4. The van der Waals surface area contributed by atoms with Gasteiger partial charge in [-0.25, -0.2) is 0 Å². The monoisotopic (exact) mass is 350 g/mol. The van der Waals surface area contributed by atoms with Crippen LogP contribution in [0.25, 0.3) is 0 Å². The van der Waals surface area contributed by atoms with Crippen molar-refractivity contribution < 1.29 is 39.5 Å². The lowest BCUT2D eigenvalue weighted by atomic mass is 9.85. The molecule has 0 radical (unpaired) electrons. The molecule has 3 rings (SSSR count). The third kappa shape index (κ3) is 2.63. The molecule has 0 fully saturated rings. The highest BCUT2D eigenvalue weighted by Crippen LogP contribution is 2.51. The number of aliphatic hydroxyl groups excluding tert-OH is 2. The van der Waals surface area contributed by atoms with Crippen molar-refractivity contribution in [1.82, 2.24) is 0 Å². The minimum atomic E-state index is -1.22. The van der Waals surface area contributed by atoms with Crippen molar-refractivity contribution in [1.29, 1.82) is 0 Å². The van der Waals surface area contributed by atoms with Crippen molar-refractivity contribution in [3.63, 3.8) is 0 Å². The van der Waals surface area contributed by atoms with Crippen LogP contribution in [0, 0.1) is 0 Å². The van der Waals surface area contributed by atoms with Crippen LogP contribution in [0.3, 0.4) is 0 Å². The number of methoxy groups -OCH3 is 1. The lowest BCUT2D eigenvalue weighted by molar-refractivity contribution is 0.0328. The number of ether oxygens (including phenoxy) is 2. The summed E-state index contributed by atoms with van der Waals surface area (Å²) in [6.45, 7) is 1.55. The van der Waals surface area contributed by atoms with Gasteiger partial charge in [-0.1, -0.05) is 0 Å². The van der Waals surface area contributed by atoms with E-state index in [4.69, 9.17) is 9.47 Å². The van der Waals surface area contributed by atoms with Gasteiger partial charge in [0.15, 0.2) is 23.0 Å². The number of ketones is 2. The molecule has 1 aromatic rings. The molecule has 0 aromatic heterocycles. The summed E-state index contributed by atoms with van der Waals surface area (Å²) < 4.78 is 10.4. The molecule has 1 aliphatic carbocycles. The fraction of sp³-hybridized carbons (Fsp3) is 0.412. The van der Waals surface area contributed by atoms with E-state index in [1.54, 1.807) is 6.92 Å². The van der Waals surface area contributed by atoms with E-state index >= 15 is 0 Å². The van der Waals surface area contributed by atoms with Crippen LogP contribution in [0.15, 0.2) is 11.8 Å². The SMILES string of the molecule is COC1=CC(=O)c2c(O)c3c(c(O)c2C1=O)O[C@@H](C[C@H](C)O)C[C@@H]3O. The normalized spacial score (nSPS) is 23.3. The molecule has 1 aromatic carbocycles. The van der Waals surface area contributed by atoms with Crippen LogP contribution in [0.4, 0.5) is 0 Å². The smallest absolute Gasteiger partial charge is 0.232 e. The number of carbonyl (C=O) groups excluding carboxylic acids is 2. The molecule has 0 saturated carbocycles. The van der Waals surface area contributed by atoms with Gasteiger partial charge in [0, 0.05) is 18.9 Å². The maximum Gasteiger partial charge on any atom is 0.232 e. The molecule has 0 unspecified atom stereocenters. The van der Waals surface area contributed by atoms with E-state index in [9.17, 15) is 30.0 Å². The molecule has 1 heterocycles. The Morgan fingerprint density at radius 3 is 2.56 bits per heavy atom. The molecular formula is C17H18O8. The van der Waals surface area contributed by atoms with Gasteiger partial charge in [-0.15, -0.1) is 0 Å². The Morgan fingerprint density at radius 2 is 1.96 bits per heavy atom. The van der Waals surface area contributed by atoms with Gasteiger partial charge in [0.25, 0.3) is 0 Å². The number of aromatic hydroxyl groups is 2. The zero-order valence-corrected chi connectivity index (χ0v) is 13.6. The van der Waals surface area contributed by atoms with Crippen LogP contribution in [0.1, 0.15) is 52.1 Å². The van der Waals surface area contributed by atoms with Crippen molar-refractivity contribution in [2.75, 3.05) is 7.11 Å². The van der Waals surface area contributed by atoms with Gasteiger partial charge < -0.3 is 29.9 Å². The number of carbonyl (C=O) groups is 2. The van der Waals surface area contributed by atoms with Crippen molar-refractivity contribution in [2.45, 2.75) is 38.1 Å². The summed E-state index contributed by atoms with van der Waals surface area (Å²) in [7, 11) is 1.20. The lowest BCUT2D eigenvalue weighted by Crippen LogP contribution is -2.30. The molecule has 1 aliphatic heterocycles. The van der Waals surface area contributed by atoms with Crippen molar-refractivity contribution in [3.05, 3.63) is 28.5 Å². The maximum atomic E-state index is 12.4. The Balaban J connectivity index is 2.19. The Labute approximate surface area is 142 Å². The van der Waals surface area contributed by atoms with Gasteiger partial charge in [0.2, 0.25) is 5.78 Å². The van der Waals surface area contributed by atoms with E-state index in [0.717, 1.165) is 6.08 Å². The Hall–Kier alpha value is -2.58. The van der Waals surface area contributed by atoms with Gasteiger partial charge in [0.05, 0.1) is 36.0 Å². The van der Waals surface area contributed by atoms with Gasteiger partial charge in [-0.05, 0) is 6.92 Å². The predicted molar refractivity (Wildman–Crippen MR) is 83.8 cm³/mol. The zero-order chi connectivity index (χ0) is 18.5. The molecular weight excluding hydrogens is 332 g/mol. The average Bonchev–Trinajstić information content (AvgIpc) is 2.53. The highest BCUT2D eigenvalue weighted by atomic mass is 16.5. The number of phenolic OH excluding ortho intramolecular Hbond substituents is 2. The number of benzene rings is 1. The number of aliphatic hydroxyl groups is 2. The molecule has 4 N–H and O–H groups in total.